The molecule has 0 amide bonds. The second-order valence-electron chi connectivity index (χ2n) is 7.32. The minimum absolute atomic E-state index is 0.0525. The lowest BCUT2D eigenvalue weighted by atomic mass is 9.92. The van der Waals surface area contributed by atoms with Crippen molar-refractivity contribution < 1.29 is 39.9 Å². The first-order valence-electron chi connectivity index (χ1n) is 9.17. The van der Waals surface area contributed by atoms with Gasteiger partial charge in [0.05, 0.1) is 5.00 Å². The molecule has 178 valence electrons. The zero-order valence-corrected chi connectivity index (χ0v) is 18.1. The van der Waals surface area contributed by atoms with Crippen molar-refractivity contribution in [1.82, 2.24) is 4.31 Å². The first-order valence-corrected chi connectivity index (χ1v) is 11.4. The fourth-order valence-electron chi connectivity index (χ4n) is 3.51. The van der Waals surface area contributed by atoms with Gasteiger partial charge in [0.2, 0.25) is 0 Å². The molecule has 14 heteroatoms. The summed E-state index contributed by atoms with van der Waals surface area (Å²) in [6.07, 6.45) is -11.9. The molecule has 0 radical (unpaired) electrons. The number of rotatable bonds is 4. The lowest BCUT2D eigenvalue weighted by molar-refractivity contribution is -0.376. The molecule has 1 saturated heterocycles. The molecule has 0 saturated carbocycles. The van der Waals surface area contributed by atoms with Gasteiger partial charge in [-0.1, -0.05) is 12.1 Å². The molecule has 1 aliphatic heterocycles. The second kappa shape index (κ2) is 8.08. The monoisotopic (exact) mass is 503 g/mol. The summed E-state index contributed by atoms with van der Waals surface area (Å²) < 4.78 is 105. The molecule has 2 heterocycles. The number of piperazine rings is 1. The number of aliphatic hydroxyl groups is 1. The van der Waals surface area contributed by atoms with Gasteiger partial charge in [0, 0.05) is 36.9 Å². The molecule has 0 spiro atoms. The lowest BCUT2D eigenvalue weighted by Crippen LogP contribution is -2.54. The molecule has 0 unspecified atom stereocenters. The predicted molar refractivity (Wildman–Crippen MR) is 107 cm³/mol. The topological polar surface area (TPSA) is 86.9 Å². The van der Waals surface area contributed by atoms with E-state index < -0.39 is 39.6 Å². The van der Waals surface area contributed by atoms with Gasteiger partial charge in [-0.05, 0) is 31.2 Å². The van der Waals surface area contributed by atoms with Gasteiger partial charge in [0.1, 0.15) is 4.21 Å². The van der Waals surface area contributed by atoms with E-state index in [-0.39, 0.29) is 23.8 Å². The Morgan fingerprint density at radius 3 is 2.00 bits per heavy atom. The first-order chi connectivity index (χ1) is 14.6. The first kappa shape index (κ1) is 24.6. The minimum atomic E-state index is -5.97. The zero-order chi connectivity index (χ0) is 24.1. The fraction of sp³-hybridized carbons (Fsp3) is 0.444. The highest BCUT2D eigenvalue weighted by Gasteiger charge is 2.71. The summed E-state index contributed by atoms with van der Waals surface area (Å²) in [6, 6.07) is 5.67. The molecule has 0 bridgehead atoms. The van der Waals surface area contributed by atoms with Crippen LogP contribution in [0.2, 0.25) is 0 Å². The van der Waals surface area contributed by atoms with Crippen LogP contribution in [0.25, 0.3) is 0 Å². The van der Waals surface area contributed by atoms with Gasteiger partial charge in [0.15, 0.2) is 0 Å². The molecule has 2 aromatic rings. The summed E-state index contributed by atoms with van der Waals surface area (Å²) in [4.78, 5) is 1.67. The van der Waals surface area contributed by atoms with E-state index in [1.54, 1.807) is 11.8 Å². The molecule has 1 aromatic carbocycles. The van der Waals surface area contributed by atoms with E-state index in [0.29, 0.717) is 22.8 Å². The van der Waals surface area contributed by atoms with Crippen LogP contribution in [0.15, 0.2) is 40.6 Å². The third-order valence-electron chi connectivity index (χ3n) is 5.22. The van der Waals surface area contributed by atoms with Gasteiger partial charge in [-0.3, -0.25) is 0 Å². The number of alkyl halides is 6. The SMILES string of the molecule is C[C@H]1CN(S(=O)(=O)c2ccc(N)s2)CCN1c1ccc(C(O)(C(F)(F)F)C(F)(F)F)cc1. The maximum atomic E-state index is 13.0. The van der Waals surface area contributed by atoms with Gasteiger partial charge < -0.3 is 15.7 Å². The number of benzene rings is 1. The molecular weight excluding hydrogens is 484 g/mol. The molecule has 3 N–H and O–H groups in total. The average Bonchev–Trinajstić information content (AvgIpc) is 3.13. The molecule has 0 aliphatic carbocycles. The summed E-state index contributed by atoms with van der Waals surface area (Å²) >= 11 is 0.922. The Labute approximate surface area is 183 Å². The number of nitrogen functional groups attached to an aromatic ring is 1. The maximum Gasteiger partial charge on any atom is 0.430 e. The third kappa shape index (κ3) is 4.16. The van der Waals surface area contributed by atoms with Gasteiger partial charge in [-0.2, -0.15) is 30.6 Å². The summed E-state index contributed by atoms with van der Waals surface area (Å²) in [7, 11) is -3.78. The van der Waals surface area contributed by atoms with Crippen molar-refractivity contribution in [2.24, 2.45) is 0 Å². The van der Waals surface area contributed by atoms with E-state index in [9.17, 15) is 39.9 Å². The van der Waals surface area contributed by atoms with Crippen LogP contribution in [-0.4, -0.2) is 55.9 Å². The normalized spacial score (nSPS) is 19.4. The summed E-state index contributed by atoms with van der Waals surface area (Å²) in [6.45, 7) is 1.95. The van der Waals surface area contributed by atoms with Gasteiger partial charge in [-0.15, -0.1) is 11.3 Å². The van der Waals surface area contributed by atoms with Crippen LogP contribution in [0, 0.1) is 0 Å². The van der Waals surface area contributed by atoms with Gasteiger partial charge >= 0.3 is 12.4 Å². The largest absolute Gasteiger partial charge is 0.430 e. The van der Waals surface area contributed by atoms with Crippen LogP contribution < -0.4 is 10.6 Å². The summed E-state index contributed by atoms with van der Waals surface area (Å²) in [5.41, 5.74) is -0.465. The molecule has 1 fully saturated rings. The average molecular weight is 503 g/mol. The van der Waals surface area contributed by atoms with E-state index in [1.165, 1.54) is 16.4 Å². The fourth-order valence-corrected chi connectivity index (χ4v) is 6.27. The van der Waals surface area contributed by atoms with Crippen molar-refractivity contribution >= 4 is 32.0 Å². The van der Waals surface area contributed by atoms with E-state index in [0.717, 1.165) is 23.5 Å². The zero-order valence-electron chi connectivity index (χ0n) is 16.5. The second-order valence-corrected chi connectivity index (χ2v) is 10.6. The Kier molecular flexibility index (Phi) is 6.21. The van der Waals surface area contributed by atoms with Crippen molar-refractivity contribution in [3.05, 3.63) is 42.0 Å². The Morgan fingerprint density at radius 2 is 1.56 bits per heavy atom. The number of nitrogens with zero attached hydrogens (tertiary/aromatic N) is 2. The predicted octanol–water partition coefficient (Wildman–Crippen LogP) is 3.54. The van der Waals surface area contributed by atoms with Crippen LogP contribution >= 0.6 is 11.3 Å². The molecule has 32 heavy (non-hydrogen) atoms. The molecule has 1 atom stereocenters. The Hall–Kier alpha value is -2.03. The van der Waals surface area contributed by atoms with Crippen molar-refractivity contribution in [2.75, 3.05) is 30.3 Å². The van der Waals surface area contributed by atoms with Crippen molar-refractivity contribution in [3.63, 3.8) is 0 Å². The van der Waals surface area contributed by atoms with E-state index in [1.807, 2.05) is 0 Å². The third-order valence-corrected chi connectivity index (χ3v) is 8.47. The summed E-state index contributed by atoms with van der Waals surface area (Å²) in [5, 5.41) is 9.84. The number of anilines is 2. The van der Waals surface area contributed by atoms with E-state index >= 15 is 0 Å². The van der Waals surface area contributed by atoms with Crippen LogP contribution in [-0.2, 0) is 15.6 Å². The number of nitrogens with two attached hydrogens (primary N) is 1. The van der Waals surface area contributed by atoms with Crippen LogP contribution in [0.5, 0.6) is 0 Å². The van der Waals surface area contributed by atoms with E-state index in [2.05, 4.69) is 0 Å². The van der Waals surface area contributed by atoms with Crippen LogP contribution in [0.1, 0.15) is 12.5 Å². The smallest absolute Gasteiger partial charge is 0.391 e. The van der Waals surface area contributed by atoms with Crippen molar-refractivity contribution in [3.8, 4) is 0 Å². The molecule has 1 aliphatic rings. The highest BCUT2D eigenvalue weighted by atomic mass is 32.2. The lowest BCUT2D eigenvalue weighted by Gasteiger charge is -2.40. The minimum Gasteiger partial charge on any atom is -0.391 e. The quantitative estimate of drug-likeness (QED) is 0.624. The molecule has 6 nitrogen and oxygen atoms in total. The number of sulfonamides is 1. The highest BCUT2D eigenvalue weighted by molar-refractivity contribution is 7.91. The van der Waals surface area contributed by atoms with Crippen LogP contribution in [0.4, 0.5) is 37.0 Å². The Balaban J connectivity index is 1.81. The Bertz CT molecular complexity index is 1050. The molecular formula is C18H19F6N3O3S2. The number of hydrogen-bond acceptors (Lipinski definition) is 6. The molecule has 3 rings (SSSR count). The van der Waals surface area contributed by atoms with Crippen LogP contribution in [0.3, 0.4) is 0 Å². The van der Waals surface area contributed by atoms with Crippen molar-refractivity contribution in [1.29, 1.82) is 0 Å². The van der Waals surface area contributed by atoms with Crippen molar-refractivity contribution in [2.45, 2.75) is 35.1 Å². The standard InChI is InChI=1S/C18H19F6N3O3S2/c1-11-10-26(32(29,30)15-7-6-14(25)31-15)8-9-27(11)13-4-2-12(3-5-13)16(28,17(19,20)21)18(22,23)24/h2-7,11,28H,8-10,25H2,1H3/t11-/m0/s1. The van der Waals surface area contributed by atoms with Gasteiger partial charge in [0.25, 0.3) is 15.6 Å². The maximum absolute atomic E-state index is 13.0. The Morgan fingerprint density at radius 1 is 1.00 bits per heavy atom. The number of halogens is 6. The number of thiophene rings is 1. The van der Waals surface area contributed by atoms with Gasteiger partial charge in [-0.25, -0.2) is 8.42 Å². The summed E-state index contributed by atoms with van der Waals surface area (Å²) in [5.74, 6) is 0. The highest BCUT2D eigenvalue weighted by Crippen LogP contribution is 2.50. The molecule has 1 aromatic heterocycles. The number of hydrogen-bond donors (Lipinski definition) is 2. The van der Waals surface area contributed by atoms with E-state index in [4.69, 9.17) is 5.73 Å².